The van der Waals surface area contributed by atoms with E-state index < -0.39 is 15.9 Å². The molecule has 0 saturated carbocycles. The predicted molar refractivity (Wildman–Crippen MR) is 126 cm³/mol. The first-order valence-electron chi connectivity index (χ1n) is 10.1. The standard InChI is InChI=1S/C25H28N2O3S/c1-17-9-11-23(12-10-17)31(29,30)27(22-14-18(2)13-19(3)15-22)16-24(28)26-25-20(4)7-6-8-21(25)5/h6-15H,16H2,1-5H3,(H,26,28). The zero-order chi connectivity index (χ0) is 22.8. The van der Waals surface area contributed by atoms with Crippen LogP contribution in [0.25, 0.3) is 0 Å². The molecule has 0 aliphatic carbocycles. The van der Waals surface area contributed by atoms with Gasteiger partial charge in [0.1, 0.15) is 6.54 Å². The minimum absolute atomic E-state index is 0.150. The minimum Gasteiger partial charge on any atom is -0.324 e. The smallest absolute Gasteiger partial charge is 0.264 e. The molecule has 0 unspecified atom stereocenters. The number of sulfonamides is 1. The van der Waals surface area contributed by atoms with Crippen molar-refractivity contribution >= 4 is 27.3 Å². The fourth-order valence-electron chi connectivity index (χ4n) is 3.57. The second kappa shape index (κ2) is 8.94. The van der Waals surface area contributed by atoms with Crippen LogP contribution in [-0.2, 0) is 14.8 Å². The summed E-state index contributed by atoms with van der Waals surface area (Å²) in [6, 6.07) is 17.9. The molecule has 3 rings (SSSR count). The average molecular weight is 437 g/mol. The summed E-state index contributed by atoms with van der Waals surface area (Å²) >= 11 is 0. The first-order valence-corrected chi connectivity index (χ1v) is 11.6. The molecule has 0 radical (unpaired) electrons. The van der Waals surface area contributed by atoms with Crippen molar-refractivity contribution in [1.29, 1.82) is 0 Å². The summed E-state index contributed by atoms with van der Waals surface area (Å²) in [7, 11) is -3.94. The van der Waals surface area contributed by atoms with Gasteiger partial charge in [-0.05, 0) is 81.1 Å². The number of amides is 1. The summed E-state index contributed by atoms with van der Waals surface area (Å²) in [6.45, 7) is 9.21. The average Bonchev–Trinajstić information content (AvgIpc) is 2.68. The molecular weight excluding hydrogens is 408 g/mol. The zero-order valence-electron chi connectivity index (χ0n) is 18.6. The van der Waals surface area contributed by atoms with E-state index in [1.807, 2.05) is 58.9 Å². The molecule has 5 nitrogen and oxygen atoms in total. The number of carbonyl (C=O) groups is 1. The maximum absolute atomic E-state index is 13.5. The number of hydrogen-bond donors (Lipinski definition) is 1. The normalized spacial score (nSPS) is 11.3. The first kappa shape index (κ1) is 22.6. The Balaban J connectivity index is 2.02. The fraction of sp³-hybridized carbons (Fsp3) is 0.240. The number of benzene rings is 3. The highest BCUT2D eigenvalue weighted by Crippen LogP contribution is 2.27. The molecule has 3 aromatic carbocycles. The first-order chi connectivity index (χ1) is 14.6. The van der Waals surface area contributed by atoms with Crippen LogP contribution in [-0.4, -0.2) is 20.9 Å². The van der Waals surface area contributed by atoms with E-state index in [0.29, 0.717) is 11.4 Å². The minimum atomic E-state index is -3.94. The van der Waals surface area contributed by atoms with Crippen molar-refractivity contribution in [3.8, 4) is 0 Å². The van der Waals surface area contributed by atoms with Crippen molar-refractivity contribution in [1.82, 2.24) is 0 Å². The molecule has 0 atom stereocenters. The molecule has 1 N–H and O–H groups in total. The number of rotatable bonds is 6. The Kier molecular flexibility index (Phi) is 6.51. The summed E-state index contributed by atoms with van der Waals surface area (Å²) < 4.78 is 28.3. The van der Waals surface area contributed by atoms with Gasteiger partial charge in [0.2, 0.25) is 5.91 Å². The summed E-state index contributed by atoms with van der Waals surface area (Å²) in [6.07, 6.45) is 0. The molecule has 1 amide bonds. The van der Waals surface area contributed by atoms with Crippen molar-refractivity contribution in [3.63, 3.8) is 0 Å². The van der Waals surface area contributed by atoms with Crippen LogP contribution in [0, 0.1) is 34.6 Å². The van der Waals surface area contributed by atoms with Crippen molar-refractivity contribution in [3.05, 3.63) is 88.5 Å². The van der Waals surface area contributed by atoms with Gasteiger partial charge in [-0.15, -0.1) is 0 Å². The van der Waals surface area contributed by atoms with Crippen LogP contribution < -0.4 is 9.62 Å². The van der Waals surface area contributed by atoms with Crippen LogP contribution in [0.5, 0.6) is 0 Å². The third-order valence-corrected chi connectivity index (χ3v) is 6.92. The van der Waals surface area contributed by atoms with Gasteiger partial charge in [-0.2, -0.15) is 0 Å². The predicted octanol–water partition coefficient (Wildman–Crippen LogP) is 5.06. The van der Waals surface area contributed by atoms with Crippen molar-refractivity contribution in [2.75, 3.05) is 16.2 Å². The van der Waals surface area contributed by atoms with Crippen molar-refractivity contribution in [2.24, 2.45) is 0 Å². The van der Waals surface area contributed by atoms with Gasteiger partial charge in [0.25, 0.3) is 10.0 Å². The number of carbonyl (C=O) groups excluding carboxylic acids is 1. The quantitative estimate of drug-likeness (QED) is 0.587. The number of aryl methyl sites for hydroxylation is 5. The molecule has 0 saturated heterocycles. The second-order valence-electron chi connectivity index (χ2n) is 7.99. The number of anilines is 2. The molecule has 0 heterocycles. The lowest BCUT2D eigenvalue weighted by atomic mass is 10.1. The molecule has 162 valence electrons. The summed E-state index contributed by atoms with van der Waals surface area (Å²) in [5.41, 5.74) is 5.84. The van der Waals surface area contributed by atoms with Crippen LogP contribution in [0.1, 0.15) is 27.8 Å². The number of nitrogens with zero attached hydrogens (tertiary/aromatic N) is 1. The topological polar surface area (TPSA) is 66.5 Å². The maximum Gasteiger partial charge on any atom is 0.264 e. The Morgan fingerprint density at radius 2 is 1.35 bits per heavy atom. The largest absolute Gasteiger partial charge is 0.324 e. The van der Waals surface area contributed by atoms with E-state index in [-0.39, 0.29) is 11.4 Å². The molecule has 0 aliphatic heterocycles. The highest BCUT2D eigenvalue weighted by molar-refractivity contribution is 7.92. The Labute approximate surface area is 184 Å². The van der Waals surface area contributed by atoms with Crippen LogP contribution in [0.2, 0.25) is 0 Å². The van der Waals surface area contributed by atoms with Crippen LogP contribution in [0.15, 0.2) is 65.6 Å². The van der Waals surface area contributed by atoms with Crippen LogP contribution >= 0.6 is 0 Å². The maximum atomic E-state index is 13.5. The van der Waals surface area contributed by atoms with E-state index in [2.05, 4.69) is 5.32 Å². The molecule has 0 fully saturated rings. The van der Waals surface area contributed by atoms with Gasteiger partial charge in [-0.3, -0.25) is 9.10 Å². The lowest BCUT2D eigenvalue weighted by molar-refractivity contribution is -0.114. The van der Waals surface area contributed by atoms with Crippen molar-refractivity contribution < 1.29 is 13.2 Å². The number of nitrogens with one attached hydrogen (secondary N) is 1. The summed E-state index contributed by atoms with van der Waals surface area (Å²) in [5, 5.41) is 2.90. The zero-order valence-corrected chi connectivity index (χ0v) is 19.4. The van der Waals surface area contributed by atoms with E-state index in [1.54, 1.807) is 36.4 Å². The third kappa shape index (κ3) is 5.14. The fourth-order valence-corrected chi connectivity index (χ4v) is 4.97. The second-order valence-corrected chi connectivity index (χ2v) is 9.85. The van der Waals surface area contributed by atoms with Crippen molar-refractivity contribution in [2.45, 2.75) is 39.5 Å². The van der Waals surface area contributed by atoms with Crippen LogP contribution in [0.4, 0.5) is 11.4 Å². The number of para-hydroxylation sites is 1. The lowest BCUT2D eigenvalue weighted by Gasteiger charge is -2.25. The van der Waals surface area contributed by atoms with E-state index in [1.165, 1.54) is 4.31 Å². The molecular formula is C25H28N2O3S. The lowest BCUT2D eigenvalue weighted by Crippen LogP contribution is -2.38. The van der Waals surface area contributed by atoms with E-state index >= 15 is 0 Å². The summed E-state index contributed by atoms with van der Waals surface area (Å²) in [5.74, 6) is -0.396. The van der Waals surface area contributed by atoms with E-state index in [4.69, 9.17) is 0 Å². The van der Waals surface area contributed by atoms with E-state index in [9.17, 15) is 13.2 Å². The molecule has 0 aromatic heterocycles. The Hall–Kier alpha value is -3.12. The van der Waals surface area contributed by atoms with Crippen LogP contribution in [0.3, 0.4) is 0 Å². The van der Waals surface area contributed by atoms with Gasteiger partial charge in [0, 0.05) is 5.69 Å². The molecule has 6 heteroatoms. The van der Waals surface area contributed by atoms with Gasteiger partial charge >= 0.3 is 0 Å². The van der Waals surface area contributed by atoms with E-state index in [0.717, 1.165) is 27.8 Å². The highest BCUT2D eigenvalue weighted by atomic mass is 32.2. The Morgan fingerprint density at radius 3 is 1.90 bits per heavy atom. The van der Waals surface area contributed by atoms with Gasteiger partial charge < -0.3 is 5.32 Å². The highest BCUT2D eigenvalue weighted by Gasteiger charge is 2.28. The molecule has 31 heavy (non-hydrogen) atoms. The third-order valence-electron chi connectivity index (χ3n) is 5.14. The molecule has 3 aromatic rings. The molecule has 0 bridgehead atoms. The Morgan fingerprint density at radius 1 is 0.806 bits per heavy atom. The van der Waals surface area contributed by atoms with Gasteiger partial charge in [0.15, 0.2) is 0 Å². The number of hydrogen-bond acceptors (Lipinski definition) is 3. The monoisotopic (exact) mass is 436 g/mol. The van der Waals surface area contributed by atoms with Gasteiger partial charge in [-0.25, -0.2) is 8.42 Å². The Bertz CT molecular complexity index is 1180. The van der Waals surface area contributed by atoms with Gasteiger partial charge in [0.05, 0.1) is 10.6 Å². The summed E-state index contributed by atoms with van der Waals surface area (Å²) in [4.78, 5) is 13.1. The SMILES string of the molecule is Cc1ccc(S(=O)(=O)N(CC(=O)Nc2c(C)cccc2C)c2cc(C)cc(C)c2)cc1. The molecule has 0 aliphatic rings. The molecule has 0 spiro atoms. The van der Waals surface area contributed by atoms with Gasteiger partial charge in [-0.1, -0.05) is 42.0 Å².